The van der Waals surface area contributed by atoms with Crippen LogP contribution in [0.5, 0.6) is 5.75 Å². The van der Waals surface area contributed by atoms with Crippen LogP contribution >= 0.6 is 11.3 Å². The largest absolute Gasteiger partial charge is 0.486 e. The van der Waals surface area contributed by atoms with Gasteiger partial charge in [0.1, 0.15) is 18.2 Å². The number of carbonyl (C=O) groups excluding carboxylic acids is 2. The van der Waals surface area contributed by atoms with Gasteiger partial charge in [-0.1, -0.05) is 37.3 Å². The molecule has 1 aromatic heterocycles. The van der Waals surface area contributed by atoms with E-state index < -0.39 is 11.7 Å². The van der Waals surface area contributed by atoms with E-state index in [2.05, 4.69) is 20.8 Å². The third kappa shape index (κ3) is 5.64. The van der Waals surface area contributed by atoms with Crippen LogP contribution in [0.25, 0.3) is 0 Å². The van der Waals surface area contributed by atoms with Gasteiger partial charge in [-0.2, -0.15) is 0 Å². The Bertz CT molecular complexity index is 1110. The highest BCUT2D eigenvalue weighted by Crippen LogP contribution is 2.32. The summed E-state index contributed by atoms with van der Waals surface area (Å²) in [4.78, 5) is 23.7. The average Bonchev–Trinajstić information content (AvgIpc) is 3.14. The average molecular weight is 443 g/mol. The fourth-order valence-electron chi connectivity index (χ4n) is 2.95. The summed E-state index contributed by atoms with van der Waals surface area (Å²) in [5, 5.41) is 14.2. The molecule has 2 amide bonds. The highest BCUT2D eigenvalue weighted by molar-refractivity contribution is 7.15. The second-order valence-corrected chi connectivity index (χ2v) is 8.33. The number of halogens is 1. The van der Waals surface area contributed by atoms with E-state index in [0.29, 0.717) is 10.8 Å². The molecule has 9 heteroatoms. The van der Waals surface area contributed by atoms with E-state index in [0.717, 1.165) is 28.2 Å². The first-order valence-corrected chi connectivity index (χ1v) is 10.5. The second kappa shape index (κ2) is 9.65. The van der Waals surface area contributed by atoms with Gasteiger partial charge in [0.15, 0.2) is 5.01 Å². The number of hydrogen-bond acceptors (Lipinski definition) is 6. The van der Waals surface area contributed by atoms with Crippen molar-refractivity contribution in [1.29, 1.82) is 0 Å². The van der Waals surface area contributed by atoms with E-state index in [4.69, 9.17) is 4.74 Å². The van der Waals surface area contributed by atoms with Crippen LogP contribution in [-0.4, -0.2) is 22.0 Å². The molecule has 7 nitrogen and oxygen atoms in total. The van der Waals surface area contributed by atoms with E-state index in [1.807, 2.05) is 32.9 Å². The zero-order chi connectivity index (χ0) is 22.5. The zero-order valence-corrected chi connectivity index (χ0v) is 18.5. The van der Waals surface area contributed by atoms with E-state index >= 15 is 0 Å². The number of anilines is 2. The lowest BCUT2D eigenvalue weighted by atomic mass is 9.98. The Labute approximate surface area is 183 Å². The minimum Gasteiger partial charge on any atom is -0.486 e. The maximum absolute atomic E-state index is 13.7. The summed E-state index contributed by atoms with van der Waals surface area (Å²) >= 11 is 1.15. The van der Waals surface area contributed by atoms with Crippen molar-refractivity contribution in [2.75, 3.05) is 10.6 Å². The van der Waals surface area contributed by atoms with Crippen LogP contribution in [0.1, 0.15) is 53.2 Å². The van der Waals surface area contributed by atoms with Gasteiger partial charge in [-0.05, 0) is 48.2 Å². The van der Waals surface area contributed by atoms with Crippen LogP contribution in [0, 0.1) is 12.7 Å². The van der Waals surface area contributed by atoms with Gasteiger partial charge in [-0.15, -0.1) is 10.2 Å². The number of hydrogen-bond donors (Lipinski definition) is 2. The topological polar surface area (TPSA) is 93.2 Å². The molecule has 0 aliphatic carbocycles. The molecule has 0 bridgehead atoms. The zero-order valence-electron chi connectivity index (χ0n) is 17.7. The van der Waals surface area contributed by atoms with Gasteiger partial charge in [-0.25, -0.2) is 4.39 Å². The Kier molecular flexibility index (Phi) is 6.96. The van der Waals surface area contributed by atoms with Gasteiger partial charge >= 0.3 is 0 Å². The molecule has 0 saturated carbocycles. The van der Waals surface area contributed by atoms with Gasteiger partial charge in [0.2, 0.25) is 11.0 Å². The molecule has 3 rings (SSSR count). The van der Waals surface area contributed by atoms with Crippen LogP contribution in [0.3, 0.4) is 0 Å². The molecular weight excluding hydrogens is 419 g/mol. The van der Waals surface area contributed by atoms with E-state index in [1.54, 1.807) is 6.07 Å². The van der Waals surface area contributed by atoms with Crippen molar-refractivity contribution in [1.82, 2.24) is 10.2 Å². The lowest BCUT2D eigenvalue weighted by Gasteiger charge is -2.17. The molecule has 0 unspecified atom stereocenters. The fourth-order valence-corrected chi connectivity index (χ4v) is 3.59. The van der Waals surface area contributed by atoms with Gasteiger partial charge in [-0.3, -0.25) is 14.9 Å². The molecule has 1 heterocycles. The maximum Gasteiger partial charge on any atom is 0.260 e. The molecule has 2 aromatic carbocycles. The van der Waals surface area contributed by atoms with Crippen molar-refractivity contribution in [3.05, 3.63) is 63.9 Å². The molecule has 0 atom stereocenters. The number of ether oxygens (including phenoxy) is 1. The molecule has 2 N–H and O–H groups in total. The Hall–Kier alpha value is -3.33. The smallest absolute Gasteiger partial charge is 0.260 e. The number of aromatic nitrogens is 2. The molecule has 0 aliphatic heterocycles. The van der Waals surface area contributed by atoms with Gasteiger partial charge < -0.3 is 10.1 Å². The van der Waals surface area contributed by atoms with E-state index in [9.17, 15) is 14.0 Å². The van der Waals surface area contributed by atoms with Crippen molar-refractivity contribution < 1.29 is 18.7 Å². The first-order valence-electron chi connectivity index (χ1n) is 9.67. The monoisotopic (exact) mass is 442 g/mol. The van der Waals surface area contributed by atoms with Crippen molar-refractivity contribution in [2.45, 2.75) is 40.2 Å². The highest BCUT2D eigenvalue weighted by Gasteiger charge is 2.16. The minimum absolute atomic E-state index is 0.0633. The second-order valence-electron chi connectivity index (χ2n) is 7.26. The normalized spacial score (nSPS) is 10.8. The third-order valence-corrected chi connectivity index (χ3v) is 5.25. The van der Waals surface area contributed by atoms with Crippen molar-refractivity contribution in [2.24, 2.45) is 0 Å². The molecule has 162 valence electrons. The SMILES string of the molecule is CC(=O)Nc1cc(C)c(OCc2nnc(NC(=O)c3ccccc3F)s2)cc1C(C)C. The van der Waals surface area contributed by atoms with Gasteiger partial charge in [0.25, 0.3) is 5.91 Å². The highest BCUT2D eigenvalue weighted by atomic mass is 32.1. The van der Waals surface area contributed by atoms with Crippen molar-refractivity contribution in [3.63, 3.8) is 0 Å². The minimum atomic E-state index is -0.604. The maximum atomic E-state index is 13.7. The summed E-state index contributed by atoms with van der Waals surface area (Å²) in [6.07, 6.45) is 0. The molecule has 0 radical (unpaired) electrons. The van der Waals surface area contributed by atoms with Crippen molar-refractivity contribution in [3.8, 4) is 5.75 Å². The standard InChI is InChI=1S/C22H23FN4O3S/c1-12(2)16-10-19(13(3)9-18(16)24-14(4)28)30-11-20-26-27-22(31-20)25-21(29)15-7-5-6-8-17(15)23/h5-10,12H,11H2,1-4H3,(H,24,28)(H,25,27,29). The molecule has 31 heavy (non-hydrogen) atoms. The molecule has 0 fully saturated rings. The van der Waals surface area contributed by atoms with Gasteiger partial charge in [0, 0.05) is 12.6 Å². The summed E-state index contributed by atoms with van der Waals surface area (Å²) in [6.45, 7) is 7.60. The number of carbonyl (C=O) groups is 2. The first kappa shape index (κ1) is 22.4. The lowest BCUT2D eigenvalue weighted by Crippen LogP contribution is -2.13. The van der Waals surface area contributed by atoms with E-state index in [1.165, 1.54) is 25.1 Å². The Morgan fingerprint density at radius 3 is 2.58 bits per heavy atom. The number of aryl methyl sites for hydroxylation is 1. The number of benzene rings is 2. The number of nitrogens with zero attached hydrogens (tertiary/aromatic N) is 2. The molecule has 0 aliphatic rings. The summed E-state index contributed by atoms with van der Waals surface area (Å²) in [5.74, 6) is -0.467. The molecule has 3 aromatic rings. The number of nitrogens with one attached hydrogen (secondary N) is 2. The van der Waals surface area contributed by atoms with Crippen LogP contribution in [0.15, 0.2) is 36.4 Å². The molecular formula is C22H23FN4O3S. The van der Waals surface area contributed by atoms with Crippen LogP contribution in [0.2, 0.25) is 0 Å². The number of rotatable bonds is 7. The number of amides is 2. The predicted octanol–water partition coefficient (Wildman–Crippen LogP) is 4.90. The Morgan fingerprint density at radius 1 is 1.16 bits per heavy atom. The predicted molar refractivity (Wildman–Crippen MR) is 118 cm³/mol. The van der Waals surface area contributed by atoms with Gasteiger partial charge in [0.05, 0.1) is 5.56 Å². The Morgan fingerprint density at radius 2 is 1.90 bits per heavy atom. The summed E-state index contributed by atoms with van der Waals surface area (Å²) < 4.78 is 19.7. The summed E-state index contributed by atoms with van der Waals surface area (Å²) in [5.41, 5.74) is 2.53. The lowest BCUT2D eigenvalue weighted by molar-refractivity contribution is -0.114. The van der Waals surface area contributed by atoms with Crippen LogP contribution in [0.4, 0.5) is 15.2 Å². The van der Waals surface area contributed by atoms with E-state index in [-0.39, 0.29) is 29.1 Å². The van der Waals surface area contributed by atoms with Crippen molar-refractivity contribution >= 4 is 34.0 Å². The third-order valence-electron chi connectivity index (χ3n) is 4.44. The quantitative estimate of drug-likeness (QED) is 0.543. The Balaban J connectivity index is 1.69. The molecule has 0 saturated heterocycles. The van der Waals surface area contributed by atoms with Crippen LogP contribution in [-0.2, 0) is 11.4 Å². The summed E-state index contributed by atoms with van der Waals surface area (Å²) in [6, 6.07) is 9.51. The van der Waals surface area contributed by atoms with Crippen LogP contribution < -0.4 is 15.4 Å². The molecule has 0 spiro atoms. The first-order chi connectivity index (χ1) is 14.7. The fraction of sp³-hybridized carbons (Fsp3) is 0.273. The summed E-state index contributed by atoms with van der Waals surface area (Å²) in [7, 11) is 0.